The van der Waals surface area contributed by atoms with Crippen LogP contribution in [-0.2, 0) is 20.4 Å². The molecular weight excluding hydrogens is 536 g/mol. The van der Waals surface area contributed by atoms with E-state index in [2.05, 4.69) is 10.3 Å². The van der Waals surface area contributed by atoms with Crippen LogP contribution >= 0.6 is 24.8 Å². The summed E-state index contributed by atoms with van der Waals surface area (Å²) in [6, 6.07) is 1.78. The van der Waals surface area contributed by atoms with E-state index in [1.54, 1.807) is 30.6 Å². The van der Waals surface area contributed by atoms with E-state index in [9.17, 15) is 22.8 Å². The lowest BCUT2D eigenvalue weighted by Crippen LogP contribution is -2.54. The van der Waals surface area contributed by atoms with Gasteiger partial charge < -0.3 is 24.6 Å². The number of hydrogen-bond donors (Lipinski definition) is 1. The molecule has 1 aromatic heterocycles. The highest BCUT2D eigenvalue weighted by Gasteiger charge is 2.48. The summed E-state index contributed by atoms with van der Waals surface area (Å²) in [5, 5.41) is 2.87. The number of alkyl carbamates (subject to hydrolysis) is 1. The topological polar surface area (TPSA) is 84.0 Å². The number of nitrogens with zero attached hydrogens (tertiary/aromatic N) is 3. The van der Waals surface area contributed by atoms with Crippen molar-refractivity contribution in [1.82, 2.24) is 15.2 Å². The summed E-state index contributed by atoms with van der Waals surface area (Å²) in [6.07, 6.45) is -2.14. The molecule has 2 amide bonds. The number of amides is 2. The maximum absolute atomic E-state index is 13.6. The number of halogens is 5. The first-order valence-electron chi connectivity index (χ1n) is 12.0. The second-order valence-corrected chi connectivity index (χ2v) is 10.2. The summed E-state index contributed by atoms with van der Waals surface area (Å²) in [5.41, 5.74) is -2.12. The molecular formula is C24H37Cl2F3N4O4. The second kappa shape index (κ2) is 13.2. The Balaban J connectivity index is 0.00000342. The molecule has 1 aliphatic carbocycles. The number of rotatable bonds is 6. The molecule has 2 heterocycles. The van der Waals surface area contributed by atoms with E-state index in [1.165, 1.54) is 0 Å². The van der Waals surface area contributed by atoms with Crippen LogP contribution in [0.4, 0.5) is 23.8 Å². The number of nitrogens with one attached hydrogen (secondary N) is 1. The smallest absolute Gasteiger partial charge is 0.416 e. The van der Waals surface area contributed by atoms with Gasteiger partial charge in [0.2, 0.25) is 5.91 Å². The summed E-state index contributed by atoms with van der Waals surface area (Å²) >= 11 is 0. The largest absolute Gasteiger partial charge is 0.444 e. The highest BCUT2D eigenvalue weighted by Crippen LogP contribution is 2.41. The molecule has 0 aromatic carbocycles. The number of carbonyl (C=O) groups is 2. The molecule has 3 rings (SSSR count). The fourth-order valence-electron chi connectivity index (χ4n) is 4.65. The van der Waals surface area contributed by atoms with Gasteiger partial charge in [-0.3, -0.25) is 4.79 Å². The first-order valence-corrected chi connectivity index (χ1v) is 12.0. The zero-order chi connectivity index (χ0) is 25.9. The molecule has 2 aliphatic rings. The Hall–Kier alpha value is -1.98. The maximum Gasteiger partial charge on any atom is 0.416 e. The van der Waals surface area contributed by atoms with Gasteiger partial charge in [0.1, 0.15) is 11.4 Å². The Labute approximate surface area is 228 Å². The van der Waals surface area contributed by atoms with Crippen molar-refractivity contribution in [3.8, 4) is 0 Å². The van der Waals surface area contributed by atoms with Crippen molar-refractivity contribution in [2.45, 2.75) is 64.8 Å². The Kier molecular flexibility index (Phi) is 11.8. The maximum atomic E-state index is 13.6. The lowest BCUT2D eigenvalue weighted by atomic mass is 9.84. The van der Waals surface area contributed by atoms with Gasteiger partial charge in [-0.15, -0.1) is 24.8 Å². The van der Waals surface area contributed by atoms with Crippen LogP contribution in [0.25, 0.3) is 0 Å². The van der Waals surface area contributed by atoms with E-state index in [1.807, 2.05) is 6.92 Å². The third-order valence-electron chi connectivity index (χ3n) is 6.33. The van der Waals surface area contributed by atoms with Crippen LogP contribution in [0.1, 0.15) is 52.5 Å². The van der Waals surface area contributed by atoms with Crippen LogP contribution in [0.2, 0.25) is 0 Å². The van der Waals surface area contributed by atoms with Gasteiger partial charge in [0.15, 0.2) is 0 Å². The molecule has 0 spiro atoms. The van der Waals surface area contributed by atoms with Gasteiger partial charge in [0, 0.05) is 45.0 Å². The van der Waals surface area contributed by atoms with Gasteiger partial charge in [0.25, 0.3) is 0 Å². The number of anilines is 1. The Morgan fingerprint density at radius 2 is 1.81 bits per heavy atom. The zero-order valence-electron chi connectivity index (χ0n) is 21.6. The van der Waals surface area contributed by atoms with E-state index in [-0.39, 0.29) is 49.2 Å². The highest BCUT2D eigenvalue weighted by atomic mass is 35.5. The summed E-state index contributed by atoms with van der Waals surface area (Å²) in [7, 11) is 0. The molecule has 0 bridgehead atoms. The van der Waals surface area contributed by atoms with Gasteiger partial charge in [-0.25, -0.2) is 9.78 Å². The number of carbonyl (C=O) groups excluding carboxylic acids is 2. The van der Waals surface area contributed by atoms with Crippen molar-refractivity contribution in [1.29, 1.82) is 0 Å². The Morgan fingerprint density at radius 1 is 1.16 bits per heavy atom. The van der Waals surface area contributed by atoms with Crippen LogP contribution in [0.15, 0.2) is 18.3 Å². The van der Waals surface area contributed by atoms with Crippen molar-refractivity contribution < 1.29 is 32.2 Å². The Bertz CT molecular complexity index is 909. The van der Waals surface area contributed by atoms with Crippen LogP contribution in [0.5, 0.6) is 0 Å². The van der Waals surface area contributed by atoms with Gasteiger partial charge in [-0.05, 0) is 59.1 Å². The van der Waals surface area contributed by atoms with E-state index in [0.717, 1.165) is 18.3 Å². The van der Waals surface area contributed by atoms with E-state index < -0.39 is 28.8 Å². The molecule has 1 unspecified atom stereocenters. The number of piperazine rings is 1. The van der Waals surface area contributed by atoms with Crippen molar-refractivity contribution in [3.63, 3.8) is 0 Å². The van der Waals surface area contributed by atoms with Gasteiger partial charge >= 0.3 is 12.3 Å². The third kappa shape index (κ3) is 8.78. The highest BCUT2D eigenvalue weighted by molar-refractivity contribution is 5.85. The van der Waals surface area contributed by atoms with Gasteiger partial charge in [-0.2, -0.15) is 13.2 Å². The van der Waals surface area contributed by atoms with E-state index >= 15 is 0 Å². The zero-order valence-corrected chi connectivity index (χ0v) is 23.2. The number of ether oxygens (including phenoxy) is 2. The number of hydrogen-bond acceptors (Lipinski definition) is 6. The minimum atomic E-state index is -4.44. The minimum absolute atomic E-state index is 0. The normalized spacial score (nSPS) is 22.1. The summed E-state index contributed by atoms with van der Waals surface area (Å²) in [5.74, 6) is 0.203. The van der Waals surface area contributed by atoms with Crippen LogP contribution in [-0.4, -0.2) is 72.9 Å². The fraction of sp³-hybridized carbons (Fsp3) is 0.708. The van der Waals surface area contributed by atoms with E-state index in [4.69, 9.17) is 9.47 Å². The monoisotopic (exact) mass is 572 g/mol. The van der Waals surface area contributed by atoms with Crippen LogP contribution < -0.4 is 10.2 Å². The molecule has 2 atom stereocenters. The standard InChI is InChI=1S/C24H35F3N4O4.2ClH/c1-5-34-16-23(8-6-18(15-23)29-21(33)35-22(2,3)4)20(32)31-12-10-30(11-13-31)19-14-17(7-9-28-19)24(25,26)27;;/h7,9,14,18H,5-6,8,10-13,15-16H2,1-4H3,(H,29,33);2*1H/t18?,23-;;/m0../s1. The predicted molar refractivity (Wildman–Crippen MR) is 138 cm³/mol. The minimum Gasteiger partial charge on any atom is -0.444 e. The van der Waals surface area contributed by atoms with Crippen molar-refractivity contribution in [3.05, 3.63) is 23.9 Å². The average molecular weight is 573 g/mol. The quantitative estimate of drug-likeness (QED) is 0.532. The summed E-state index contributed by atoms with van der Waals surface area (Å²) in [4.78, 5) is 33.5. The number of pyridine rings is 1. The molecule has 0 radical (unpaired) electrons. The molecule has 8 nitrogen and oxygen atoms in total. The van der Waals surface area contributed by atoms with Crippen LogP contribution in [0, 0.1) is 5.41 Å². The number of aromatic nitrogens is 1. The van der Waals surface area contributed by atoms with Crippen molar-refractivity contribution in [2.75, 3.05) is 44.3 Å². The summed E-state index contributed by atoms with van der Waals surface area (Å²) < 4.78 is 50.2. The molecule has 1 N–H and O–H groups in total. The van der Waals surface area contributed by atoms with E-state index in [0.29, 0.717) is 52.0 Å². The molecule has 1 saturated heterocycles. The van der Waals surface area contributed by atoms with Crippen molar-refractivity contribution in [2.24, 2.45) is 5.41 Å². The molecule has 212 valence electrons. The predicted octanol–water partition coefficient (Wildman–Crippen LogP) is 4.69. The Morgan fingerprint density at radius 3 is 2.38 bits per heavy atom. The lowest BCUT2D eigenvalue weighted by Gasteiger charge is -2.40. The molecule has 13 heteroatoms. The third-order valence-corrected chi connectivity index (χ3v) is 6.33. The van der Waals surface area contributed by atoms with Crippen molar-refractivity contribution >= 4 is 42.6 Å². The molecule has 2 fully saturated rings. The van der Waals surface area contributed by atoms with Crippen LogP contribution in [0.3, 0.4) is 0 Å². The SMILES string of the molecule is CCOC[C@]1(C(=O)N2CCN(c3cc(C(F)(F)F)ccn3)CC2)CCC(NC(=O)OC(C)(C)C)C1.Cl.Cl. The average Bonchev–Trinajstić information content (AvgIpc) is 3.19. The van der Waals surface area contributed by atoms with Gasteiger partial charge in [-0.1, -0.05) is 0 Å². The first kappa shape index (κ1) is 33.0. The lowest BCUT2D eigenvalue weighted by molar-refractivity contribution is -0.146. The molecule has 1 aliphatic heterocycles. The summed E-state index contributed by atoms with van der Waals surface area (Å²) in [6.45, 7) is 9.46. The second-order valence-electron chi connectivity index (χ2n) is 10.2. The molecule has 1 saturated carbocycles. The number of alkyl halides is 3. The fourth-order valence-corrected chi connectivity index (χ4v) is 4.65. The molecule has 1 aromatic rings. The first-order chi connectivity index (χ1) is 16.3. The molecule has 37 heavy (non-hydrogen) atoms. The van der Waals surface area contributed by atoms with Gasteiger partial charge in [0.05, 0.1) is 17.6 Å².